The van der Waals surface area contributed by atoms with Crippen LogP contribution in [0.2, 0.25) is 0 Å². The van der Waals surface area contributed by atoms with Crippen molar-refractivity contribution in [1.82, 2.24) is 9.55 Å². The lowest BCUT2D eigenvalue weighted by Gasteiger charge is -2.17. The van der Waals surface area contributed by atoms with Crippen molar-refractivity contribution < 1.29 is 9.90 Å². The zero-order valence-electron chi connectivity index (χ0n) is 11.6. The van der Waals surface area contributed by atoms with Crippen molar-refractivity contribution in [2.24, 2.45) is 5.92 Å². The van der Waals surface area contributed by atoms with Crippen LogP contribution in [-0.2, 0) is 0 Å². The van der Waals surface area contributed by atoms with Crippen LogP contribution in [0.15, 0.2) is 27.8 Å². The predicted octanol–water partition coefficient (Wildman–Crippen LogP) is 1.75. The normalized spacial score (nSPS) is 16.0. The first-order valence-corrected chi connectivity index (χ1v) is 6.99. The second kappa shape index (κ2) is 4.87. The number of aromatic carboxylic acids is 1. The Bertz CT molecular complexity index is 830. The van der Waals surface area contributed by atoms with Gasteiger partial charge in [0, 0.05) is 6.04 Å². The molecule has 1 unspecified atom stereocenters. The van der Waals surface area contributed by atoms with E-state index in [4.69, 9.17) is 5.11 Å². The number of aromatic amines is 1. The van der Waals surface area contributed by atoms with E-state index in [1.165, 1.54) is 22.8 Å². The minimum atomic E-state index is -1.06. The highest BCUT2D eigenvalue weighted by Crippen LogP contribution is 2.36. The average molecular weight is 288 g/mol. The summed E-state index contributed by atoms with van der Waals surface area (Å²) in [6, 6.07) is 4.26. The van der Waals surface area contributed by atoms with E-state index in [1.807, 2.05) is 6.92 Å². The van der Waals surface area contributed by atoms with Gasteiger partial charge in [-0.15, -0.1) is 0 Å². The number of rotatable bonds is 4. The van der Waals surface area contributed by atoms with Crippen LogP contribution in [0, 0.1) is 5.92 Å². The number of nitrogens with zero attached hydrogens (tertiary/aromatic N) is 1. The minimum Gasteiger partial charge on any atom is -0.478 e. The Kier molecular flexibility index (Phi) is 3.16. The molecule has 110 valence electrons. The van der Waals surface area contributed by atoms with Gasteiger partial charge in [0.2, 0.25) is 0 Å². The van der Waals surface area contributed by atoms with E-state index in [1.54, 1.807) is 0 Å². The van der Waals surface area contributed by atoms with Crippen molar-refractivity contribution in [3.05, 3.63) is 44.5 Å². The van der Waals surface area contributed by atoms with Crippen molar-refractivity contribution in [2.75, 3.05) is 0 Å². The van der Waals surface area contributed by atoms with Gasteiger partial charge in [0.1, 0.15) is 0 Å². The van der Waals surface area contributed by atoms with Crippen LogP contribution in [0.3, 0.4) is 0 Å². The summed E-state index contributed by atoms with van der Waals surface area (Å²) in [7, 11) is 0. The van der Waals surface area contributed by atoms with Gasteiger partial charge in [0.25, 0.3) is 0 Å². The lowest BCUT2D eigenvalue weighted by atomic mass is 10.1. The maximum atomic E-state index is 12.2. The molecule has 6 nitrogen and oxygen atoms in total. The Morgan fingerprint density at radius 1 is 1.43 bits per heavy atom. The van der Waals surface area contributed by atoms with Gasteiger partial charge in [0.05, 0.1) is 16.6 Å². The Hall–Kier alpha value is -2.37. The van der Waals surface area contributed by atoms with Gasteiger partial charge in [-0.25, -0.2) is 4.79 Å². The number of nitrogens with one attached hydrogen (secondary N) is 1. The molecule has 2 aromatic rings. The SMILES string of the molecule is CC(CC1CC1)n1c(=O)c(=O)[nH]c2ccc(C(=O)O)cc21. The van der Waals surface area contributed by atoms with Crippen LogP contribution in [0.25, 0.3) is 11.0 Å². The molecule has 3 rings (SSSR count). The van der Waals surface area contributed by atoms with Gasteiger partial charge in [0.15, 0.2) is 0 Å². The fourth-order valence-electron chi connectivity index (χ4n) is 2.74. The first-order chi connectivity index (χ1) is 9.97. The number of hydrogen-bond acceptors (Lipinski definition) is 3. The molecular weight excluding hydrogens is 272 g/mol. The highest BCUT2D eigenvalue weighted by Gasteiger charge is 2.26. The Labute approximate surface area is 120 Å². The number of carboxylic acids is 1. The van der Waals surface area contributed by atoms with E-state index < -0.39 is 17.1 Å². The van der Waals surface area contributed by atoms with E-state index in [9.17, 15) is 14.4 Å². The molecule has 0 radical (unpaired) electrons. The van der Waals surface area contributed by atoms with Crippen LogP contribution in [-0.4, -0.2) is 20.6 Å². The van der Waals surface area contributed by atoms with E-state index in [0.717, 1.165) is 19.3 Å². The van der Waals surface area contributed by atoms with Gasteiger partial charge in [-0.05, 0) is 37.5 Å². The molecule has 0 bridgehead atoms. The highest BCUT2D eigenvalue weighted by molar-refractivity contribution is 5.92. The Morgan fingerprint density at radius 2 is 2.14 bits per heavy atom. The fourth-order valence-corrected chi connectivity index (χ4v) is 2.74. The first-order valence-electron chi connectivity index (χ1n) is 6.99. The standard InChI is InChI=1S/C15H16N2O4/c1-8(6-9-2-3-9)17-12-7-10(15(20)21)4-5-11(12)16-13(18)14(17)19/h4-5,7-9H,2-3,6H2,1H3,(H,16,18)(H,20,21). The Balaban J connectivity index is 2.24. The molecule has 0 spiro atoms. The van der Waals surface area contributed by atoms with Crippen molar-refractivity contribution in [1.29, 1.82) is 0 Å². The molecule has 21 heavy (non-hydrogen) atoms. The number of carbonyl (C=O) groups is 1. The number of H-pyrrole nitrogens is 1. The number of hydrogen-bond donors (Lipinski definition) is 2. The van der Waals surface area contributed by atoms with Gasteiger partial charge in [-0.2, -0.15) is 0 Å². The van der Waals surface area contributed by atoms with Crippen LogP contribution in [0.4, 0.5) is 0 Å². The maximum absolute atomic E-state index is 12.2. The summed E-state index contributed by atoms with van der Waals surface area (Å²) in [5, 5.41) is 9.09. The van der Waals surface area contributed by atoms with Crippen molar-refractivity contribution in [2.45, 2.75) is 32.2 Å². The van der Waals surface area contributed by atoms with Crippen LogP contribution in [0.1, 0.15) is 42.6 Å². The molecule has 1 aliphatic rings. The van der Waals surface area contributed by atoms with Gasteiger partial charge < -0.3 is 10.1 Å². The summed E-state index contributed by atoms with van der Waals surface area (Å²) < 4.78 is 1.43. The zero-order valence-corrected chi connectivity index (χ0v) is 11.6. The van der Waals surface area contributed by atoms with Crippen LogP contribution < -0.4 is 11.1 Å². The Morgan fingerprint density at radius 3 is 2.76 bits per heavy atom. The molecule has 1 aliphatic carbocycles. The topological polar surface area (TPSA) is 92.2 Å². The molecule has 1 saturated carbocycles. The van der Waals surface area contributed by atoms with Crippen molar-refractivity contribution >= 4 is 17.0 Å². The minimum absolute atomic E-state index is 0.0984. The second-order valence-corrected chi connectivity index (χ2v) is 5.69. The largest absolute Gasteiger partial charge is 0.478 e. The quantitative estimate of drug-likeness (QED) is 0.838. The van der Waals surface area contributed by atoms with Gasteiger partial charge in [-0.1, -0.05) is 12.8 Å². The van der Waals surface area contributed by atoms with E-state index in [-0.39, 0.29) is 11.6 Å². The molecule has 0 amide bonds. The molecule has 2 N–H and O–H groups in total. The molecule has 1 fully saturated rings. The number of benzene rings is 1. The van der Waals surface area contributed by atoms with E-state index in [2.05, 4.69) is 4.98 Å². The molecule has 1 aromatic carbocycles. The van der Waals surface area contributed by atoms with Crippen LogP contribution >= 0.6 is 0 Å². The lowest BCUT2D eigenvalue weighted by molar-refractivity contribution is 0.0697. The van der Waals surface area contributed by atoms with Gasteiger partial charge in [-0.3, -0.25) is 14.2 Å². The second-order valence-electron chi connectivity index (χ2n) is 5.69. The number of carboxylic acid groups (broad SMARTS) is 1. The molecular formula is C15H16N2O4. The average Bonchev–Trinajstić information content (AvgIpc) is 3.23. The molecule has 6 heteroatoms. The third kappa shape index (κ3) is 2.49. The van der Waals surface area contributed by atoms with Crippen molar-refractivity contribution in [3.8, 4) is 0 Å². The summed E-state index contributed by atoms with van der Waals surface area (Å²) in [6.07, 6.45) is 3.14. The predicted molar refractivity (Wildman–Crippen MR) is 77.8 cm³/mol. The third-order valence-electron chi connectivity index (χ3n) is 3.98. The summed E-state index contributed by atoms with van der Waals surface area (Å²) in [5.74, 6) is -0.458. The highest BCUT2D eigenvalue weighted by atomic mass is 16.4. The molecule has 1 atom stereocenters. The number of aromatic nitrogens is 2. The lowest BCUT2D eigenvalue weighted by Crippen LogP contribution is -2.38. The molecule has 1 aromatic heterocycles. The summed E-state index contributed by atoms with van der Waals surface area (Å²) in [5.41, 5.74) is -0.257. The van der Waals surface area contributed by atoms with Crippen molar-refractivity contribution in [3.63, 3.8) is 0 Å². The molecule has 1 heterocycles. The summed E-state index contributed by atoms with van der Waals surface area (Å²) >= 11 is 0. The summed E-state index contributed by atoms with van der Waals surface area (Å²) in [6.45, 7) is 1.89. The summed E-state index contributed by atoms with van der Waals surface area (Å²) in [4.78, 5) is 37.6. The zero-order chi connectivity index (χ0) is 15.1. The van der Waals surface area contributed by atoms with E-state index >= 15 is 0 Å². The maximum Gasteiger partial charge on any atom is 0.335 e. The number of fused-ring (bicyclic) bond motifs is 1. The molecule has 0 aliphatic heterocycles. The van der Waals surface area contributed by atoms with Gasteiger partial charge >= 0.3 is 17.1 Å². The van der Waals surface area contributed by atoms with Crippen LogP contribution in [0.5, 0.6) is 0 Å². The fraction of sp³-hybridized carbons (Fsp3) is 0.400. The first kappa shape index (κ1) is 13.6. The monoisotopic (exact) mass is 288 g/mol. The smallest absolute Gasteiger partial charge is 0.335 e. The van der Waals surface area contributed by atoms with E-state index in [0.29, 0.717) is 17.0 Å². The third-order valence-corrected chi connectivity index (χ3v) is 3.98. The molecule has 0 saturated heterocycles.